The van der Waals surface area contributed by atoms with Gasteiger partial charge < -0.3 is 25.2 Å². The monoisotopic (exact) mass is 494 g/mol. The summed E-state index contributed by atoms with van der Waals surface area (Å²) in [7, 11) is 2.10. The van der Waals surface area contributed by atoms with Crippen LogP contribution in [0.3, 0.4) is 0 Å². The molecule has 9 heteroatoms. The van der Waals surface area contributed by atoms with Crippen LogP contribution in [0.15, 0.2) is 36.4 Å². The molecule has 1 heterocycles. The molecule has 2 aromatic rings. The standard InChI is InChI=1S/C24H28Cl2N2O5/c1-28-10-7-15(8-11-28)9-12-33-22-18(25)14-17(21(29)20(22)26)23(30)27-19(24(31)32)13-16-5-3-2-4-6-16/h2-6,14-15,19,29H,7-13H2,1H3,(H,27,30)(H,31,32). The predicted molar refractivity (Wildman–Crippen MR) is 127 cm³/mol. The lowest BCUT2D eigenvalue weighted by molar-refractivity contribution is -0.139. The molecule has 1 aliphatic rings. The number of hydrogen-bond acceptors (Lipinski definition) is 5. The minimum Gasteiger partial charge on any atom is -0.505 e. The van der Waals surface area contributed by atoms with Crippen molar-refractivity contribution in [2.75, 3.05) is 26.7 Å². The third kappa shape index (κ3) is 6.76. The molecule has 178 valence electrons. The van der Waals surface area contributed by atoms with Gasteiger partial charge in [0.25, 0.3) is 5.91 Å². The van der Waals surface area contributed by atoms with Gasteiger partial charge in [0, 0.05) is 6.42 Å². The smallest absolute Gasteiger partial charge is 0.326 e. The summed E-state index contributed by atoms with van der Waals surface area (Å²) in [5.74, 6) is -1.83. The molecule has 33 heavy (non-hydrogen) atoms. The van der Waals surface area contributed by atoms with Crippen LogP contribution in [0.4, 0.5) is 0 Å². The molecule has 7 nitrogen and oxygen atoms in total. The number of aliphatic carboxylic acids is 1. The molecule has 0 aliphatic carbocycles. The molecular weight excluding hydrogens is 467 g/mol. The average Bonchev–Trinajstić information content (AvgIpc) is 2.79. The normalized spacial score (nSPS) is 15.7. The zero-order valence-corrected chi connectivity index (χ0v) is 19.9. The number of ether oxygens (including phenoxy) is 1. The van der Waals surface area contributed by atoms with Crippen LogP contribution in [0.2, 0.25) is 10.0 Å². The number of carbonyl (C=O) groups excluding carboxylic acids is 1. The average molecular weight is 495 g/mol. The van der Waals surface area contributed by atoms with Crippen LogP contribution < -0.4 is 10.1 Å². The Bertz CT molecular complexity index is 979. The van der Waals surface area contributed by atoms with Crippen LogP contribution in [0.1, 0.15) is 35.2 Å². The minimum absolute atomic E-state index is 0.0706. The molecule has 3 rings (SSSR count). The molecule has 1 saturated heterocycles. The Hall–Kier alpha value is -2.48. The van der Waals surface area contributed by atoms with E-state index >= 15 is 0 Å². The molecule has 0 bridgehead atoms. The first-order valence-electron chi connectivity index (χ1n) is 10.9. The first-order valence-corrected chi connectivity index (χ1v) is 11.6. The van der Waals surface area contributed by atoms with E-state index in [-0.39, 0.29) is 27.8 Å². The van der Waals surface area contributed by atoms with E-state index in [2.05, 4.69) is 17.3 Å². The summed E-state index contributed by atoms with van der Waals surface area (Å²) < 4.78 is 5.75. The van der Waals surface area contributed by atoms with E-state index in [0.29, 0.717) is 12.5 Å². The van der Waals surface area contributed by atoms with Gasteiger partial charge in [0.2, 0.25) is 0 Å². The van der Waals surface area contributed by atoms with E-state index < -0.39 is 23.7 Å². The van der Waals surface area contributed by atoms with Gasteiger partial charge in [-0.25, -0.2) is 4.79 Å². The number of likely N-dealkylation sites (tertiary alicyclic amines) is 1. The lowest BCUT2D eigenvalue weighted by atomic mass is 9.94. The first-order chi connectivity index (χ1) is 15.8. The molecule has 1 fully saturated rings. The van der Waals surface area contributed by atoms with Gasteiger partial charge in [-0.15, -0.1) is 0 Å². The lowest BCUT2D eigenvalue weighted by Gasteiger charge is -2.28. The number of nitrogens with zero attached hydrogens (tertiary/aromatic N) is 1. The molecule has 0 spiro atoms. The third-order valence-electron chi connectivity index (χ3n) is 5.89. The van der Waals surface area contributed by atoms with Gasteiger partial charge in [-0.1, -0.05) is 53.5 Å². The molecule has 1 unspecified atom stereocenters. The van der Waals surface area contributed by atoms with Crippen molar-refractivity contribution in [3.8, 4) is 11.5 Å². The lowest BCUT2D eigenvalue weighted by Crippen LogP contribution is -2.42. The fraction of sp³-hybridized carbons (Fsp3) is 0.417. The summed E-state index contributed by atoms with van der Waals surface area (Å²) in [5.41, 5.74) is 0.533. The number of carbonyl (C=O) groups is 2. The van der Waals surface area contributed by atoms with Gasteiger partial charge in [-0.3, -0.25) is 4.79 Å². The fourth-order valence-electron chi connectivity index (χ4n) is 3.86. The maximum Gasteiger partial charge on any atom is 0.326 e. The van der Waals surface area contributed by atoms with Crippen LogP contribution in [0, 0.1) is 5.92 Å². The molecule has 2 aromatic carbocycles. The summed E-state index contributed by atoms with van der Waals surface area (Å²) >= 11 is 12.6. The van der Waals surface area contributed by atoms with Crippen molar-refractivity contribution in [3.05, 3.63) is 57.6 Å². The van der Waals surface area contributed by atoms with Gasteiger partial charge in [-0.2, -0.15) is 0 Å². The Morgan fingerprint density at radius 1 is 1.21 bits per heavy atom. The second kappa shape index (κ2) is 11.6. The number of phenolic OH excluding ortho intramolecular Hbond substituents is 1. The molecule has 3 N–H and O–H groups in total. The van der Waals surface area contributed by atoms with Gasteiger partial charge in [0.05, 0.1) is 17.2 Å². The Morgan fingerprint density at radius 2 is 1.88 bits per heavy atom. The number of halogens is 2. The highest BCUT2D eigenvalue weighted by molar-refractivity contribution is 6.39. The summed E-state index contributed by atoms with van der Waals surface area (Å²) in [4.78, 5) is 26.7. The fourth-order valence-corrected chi connectivity index (χ4v) is 4.43. The molecule has 0 radical (unpaired) electrons. The second-order valence-corrected chi connectivity index (χ2v) is 9.12. The van der Waals surface area contributed by atoms with E-state index in [0.717, 1.165) is 37.9 Å². The highest BCUT2D eigenvalue weighted by Gasteiger charge is 2.26. The first kappa shape index (κ1) is 25.1. The summed E-state index contributed by atoms with van der Waals surface area (Å²) in [6, 6.07) is 8.97. The molecule has 1 amide bonds. The van der Waals surface area contributed by atoms with Gasteiger partial charge in [0.15, 0.2) is 11.5 Å². The number of nitrogens with one attached hydrogen (secondary N) is 1. The van der Waals surface area contributed by atoms with Crippen molar-refractivity contribution < 1.29 is 24.5 Å². The largest absolute Gasteiger partial charge is 0.505 e. The molecule has 1 aliphatic heterocycles. The highest BCUT2D eigenvalue weighted by Crippen LogP contribution is 2.42. The van der Waals surface area contributed by atoms with Crippen molar-refractivity contribution in [2.24, 2.45) is 5.92 Å². The van der Waals surface area contributed by atoms with Gasteiger partial charge in [-0.05, 0) is 56.9 Å². The third-order valence-corrected chi connectivity index (χ3v) is 6.52. The Balaban J connectivity index is 1.66. The van der Waals surface area contributed by atoms with Crippen LogP contribution in [0.25, 0.3) is 0 Å². The molecule has 0 saturated carbocycles. The zero-order chi connectivity index (χ0) is 24.0. The number of rotatable bonds is 9. The Labute approximate surface area is 203 Å². The maximum absolute atomic E-state index is 12.7. The summed E-state index contributed by atoms with van der Waals surface area (Å²) in [5, 5.41) is 22.3. The van der Waals surface area contributed by atoms with Crippen molar-refractivity contribution >= 4 is 35.1 Å². The topological polar surface area (TPSA) is 99.1 Å². The van der Waals surface area contributed by atoms with E-state index in [9.17, 15) is 19.8 Å². The van der Waals surface area contributed by atoms with Crippen LogP contribution >= 0.6 is 23.2 Å². The van der Waals surface area contributed by atoms with Gasteiger partial charge in [0.1, 0.15) is 11.1 Å². The zero-order valence-electron chi connectivity index (χ0n) is 18.4. The van der Waals surface area contributed by atoms with Crippen LogP contribution in [-0.4, -0.2) is 59.8 Å². The van der Waals surface area contributed by atoms with Gasteiger partial charge >= 0.3 is 5.97 Å². The number of carboxylic acids is 1. The number of benzene rings is 2. The van der Waals surface area contributed by atoms with Crippen molar-refractivity contribution in [1.29, 1.82) is 0 Å². The van der Waals surface area contributed by atoms with E-state index in [4.69, 9.17) is 27.9 Å². The number of hydrogen-bond donors (Lipinski definition) is 3. The number of phenols is 1. The Morgan fingerprint density at radius 3 is 2.52 bits per heavy atom. The summed E-state index contributed by atoms with van der Waals surface area (Å²) in [6.45, 7) is 2.49. The summed E-state index contributed by atoms with van der Waals surface area (Å²) in [6.07, 6.45) is 3.12. The molecule has 1 atom stereocenters. The van der Waals surface area contributed by atoms with Crippen LogP contribution in [0.5, 0.6) is 11.5 Å². The number of carboxylic acid groups (broad SMARTS) is 1. The minimum atomic E-state index is -1.20. The number of aromatic hydroxyl groups is 1. The van der Waals surface area contributed by atoms with E-state index in [1.54, 1.807) is 24.3 Å². The molecule has 0 aromatic heterocycles. The maximum atomic E-state index is 12.7. The quantitative estimate of drug-likeness (QED) is 0.482. The predicted octanol–water partition coefficient (Wildman–Crippen LogP) is 4.24. The van der Waals surface area contributed by atoms with E-state index in [1.807, 2.05) is 6.07 Å². The van der Waals surface area contributed by atoms with E-state index in [1.165, 1.54) is 6.07 Å². The highest BCUT2D eigenvalue weighted by atomic mass is 35.5. The van der Waals surface area contributed by atoms with Crippen molar-refractivity contribution in [2.45, 2.75) is 31.7 Å². The molecular formula is C24H28Cl2N2O5. The SMILES string of the molecule is CN1CCC(CCOc2c(Cl)cc(C(=O)NC(Cc3ccccc3)C(=O)O)c(O)c2Cl)CC1. The number of amides is 1. The van der Waals surface area contributed by atoms with Crippen molar-refractivity contribution in [1.82, 2.24) is 10.2 Å². The van der Waals surface area contributed by atoms with Crippen molar-refractivity contribution in [3.63, 3.8) is 0 Å². The van der Waals surface area contributed by atoms with Crippen LogP contribution in [-0.2, 0) is 11.2 Å². The number of piperidine rings is 1. The second-order valence-electron chi connectivity index (χ2n) is 8.34. The Kier molecular flexibility index (Phi) is 8.83.